The third kappa shape index (κ3) is 3.08. The summed E-state index contributed by atoms with van der Waals surface area (Å²) >= 11 is 5.74. The molecule has 0 radical (unpaired) electrons. The van der Waals surface area contributed by atoms with Crippen LogP contribution in [-0.2, 0) is 4.79 Å². The molecule has 23 heavy (non-hydrogen) atoms. The summed E-state index contributed by atoms with van der Waals surface area (Å²) in [5, 5.41) is 8.63. The summed E-state index contributed by atoms with van der Waals surface area (Å²) < 4.78 is 0. The topological polar surface area (TPSA) is 57.1 Å². The van der Waals surface area contributed by atoms with Crippen molar-refractivity contribution < 1.29 is 4.79 Å². The first kappa shape index (κ1) is 15.9. The number of pyridine rings is 1. The molecular weight excluding hydrogens is 310 g/mol. The van der Waals surface area contributed by atoms with Gasteiger partial charge in [-0.05, 0) is 24.0 Å². The average Bonchev–Trinajstić information content (AvgIpc) is 2.59. The van der Waals surface area contributed by atoms with Crippen molar-refractivity contribution in [3.8, 4) is 0 Å². The van der Waals surface area contributed by atoms with Crippen LogP contribution in [0, 0.1) is 11.3 Å². The molecule has 5 heteroatoms. The number of halogens is 1. The highest BCUT2D eigenvalue weighted by Gasteiger charge is 2.29. The smallest absolute Gasteiger partial charge is 0.237 e. The van der Waals surface area contributed by atoms with Gasteiger partial charge in [0.25, 0.3) is 0 Å². The minimum Gasteiger partial charge on any atom is -0.341 e. The lowest BCUT2D eigenvalue weighted by Gasteiger charge is -2.37. The summed E-state index contributed by atoms with van der Waals surface area (Å²) in [6, 6.07) is 8.01. The van der Waals surface area contributed by atoms with E-state index in [0.29, 0.717) is 12.5 Å². The number of nitrogens with one attached hydrogen (secondary N) is 1. The second-order valence-corrected chi connectivity index (χ2v) is 6.53. The van der Waals surface area contributed by atoms with E-state index in [1.807, 2.05) is 17.0 Å². The number of carbonyl (C=O) groups excluding carboxylic acids is 1. The van der Waals surface area contributed by atoms with Gasteiger partial charge in [-0.1, -0.05) is 25.1 Å². The molecule has 1 N–H and O–H groups in total. The minimum atomic E-state index is 0.00163. The Bertz CT molecular complexity index is 746. The van der Waals surface area contributed by atoms with Gasteiger partial charge in [0.15, 0.2) is 0 Å². The normalized spacial score (nSPS) is 21.4. The van der Waals surface area contributed by atoms with Crippen molar-refractivity contribution in [2.75, 3.05) is 19.0 Å². The summed E-state index contributed by atoms with van der Waals surface area (Å²) in [5.41, 5.74) is 2.88. The van der Waals surface area contributed by atoms with E-state index >= 15 is 0 Å². The molecule has 3 rings (SSSR count). The van der Waals surface area contributed by atoms with Crippen molar-refractivity contribution in [2.24, 2.45) is 5.92 Å². The Kier molecular flexibility index (Phi) is 4.62. The minimum absolute atomic E-state index is 0.00163. The van der Waals surface area contributed by atoms with E-state index in [0.717, 1.165) is 29.4 Å². The predicted molar refractivity (Wildman–Crippen MR) is 93.5 cm³/mol. The maximum absolute atomic E-state index is 12.0. The monoisotopic (exact) mass is 329 g/mol. The summed E-state index contributed by atoms with van der Waals surface area (Å²) in [5.74, 6) is 0.753. The van der Waals surface area contributed by atoms with Gasteiger partial charge in [-0.25, -0.2) is 0 Å². The maximum atomic E-state index is 12.0. The summed E-state index contributed by atoms with van der Waals surface area (Å²) in [6.07, 6.45) is 4.14. The Morgan fingerprint density at radius 3 is 3.00 bits per heavy atom. The third-order valence-electron chi connectivity index (χ3n) is 4.56. The van der Waals surface area contributed by atoms with Gasteiger partial charge in [0.05, 0.1) is 5.52 Å². The van der Waals surface area contributed by atoms with Crippen LogP contribution in [-0.4, -0.2) is 41.0 Å². The van der Waals surface area contributed by atoms with E-state index in [-0.39, 0.29) is 17.7 Å². The van der Waals surface area contributed by atoms with Gasteiger partial charge in [0.1, 0.15) is 5.88 Å². The van der Waals surface area contributed by atoms with E-state index < -0.39 is 0 Å². The number of hydrogen-bond acceptors (Lipinski definition) is 3. The van der Waals surface area contributed by atoms with Crippen LogP contribution in [0.3, 0.4) is 0 Å². The molecule has 0 saturated carbocycles. The third-order valence-corrected chi connectivity index (χ3v) is 4.79. The standard InChI is InChI=1S/C18H20ClN3O/c1-12-7-14(11-22(10-12)17(23)8-19)15-5-4-13(9-20)18-16(15)3-2-6-21-18/h2-6,9,12,14,20H,7-8,10-11H2,1H3/t12-,14+/m1/s1. The van der Waals surface area contributed by atoms with E-state index in [4.69, 9.17) is 17.0 Å². The van der Waals surface area contributed by atoms with Crippen molar-refractivity contribution in [1.29, 1.82) is 5.41 Å². The zero-order valence-corrected chi connectivity index (χ0v) is 13.9. The van der Waals surface area contributed by atoms with Crippen LogP contribution in [0.15, 0.2) is 30.5 Å². The first-order chi connectivity index (χ1) is 11.1. The van der Waals surface area contributed by atoms with Crippen molar-refractivity contribution in [3.05, 3.63) is 41.6 Å². The molecule has 1 saturated heterocycles. The van der Waals surface area contributed by atoms with Crippen LogP contribution in [0.2, 0.25) is 0 Å². The highest BCUT2D eigenvalue weighted by molar-refractivity contribution is 6.27. The van der Waals surface area contributed by atoms with Gasteiger partial charge in [-0.3, -0.25) is 9.78 Å². The molecule has 2 atom stereocenters. The van der Waals surface area contributed by atoms with Crippen LogP contribution in [0.4, 0.5) is 0 Å². The molecule has 1 fully saturated rings. The van der Waals surface area contributed by atoms with Gasteiger partial charge < -0.3 is 10.3 Å². The number of fused-ring (bicyclic) bond motifs is 1. The molecule has 1 aliphatic heterocycles. The SMILES string of the molecule is C[C@@H]1C[C@H](c2ccc(C=N)c3ncccc23)CN(C(=O)CCl)C1. The number of carbonyl (C=O) groups is 1. The molecule has 0 aliphatic carbocycles. The van der Waals surface area contributed by atoms with E-state index in [1.165, 1.54) is 11.8 Å². The second-order valence-electron chi connectivity index (χ2n) is 6.26. The van der Waals surface area contributed by atoms with E-state index in [1.54, 1.807) is 6.20 Å². The van der Waals surface area contributed by atoms with Gasteiger partial charge in [-0.2, -0.15) is 0 Å². The van der Waals surface area contributed by atoms with Crippen molar-refractivity contribution >= 4 is 34.6 Å². The van der Waals surface area contributed by atoms with Crippen molar-refractivity contribution in [3.63, 3.8) is 0 Å². The Morgan fingerprint density at radius 1 is 1.43 bits per heavy atom. The second kappa shape index (κ2) is 6.67. The Balaban J connectivity index is 2.02. The molecule has 1 aromatic heterocycles. The molecule has 2 aromatic rings. The van der Waals surface area contributed by atoms with Gasteiger partial charge in [-0.15, -0.1) is 11.6 Å². The molecule has 120 valence electrons. The number of likely N-dealkylation sites (tertiary alicyclic amines) is 1. The summed E-state index contributed by atoms with van der Waals surface area (Å²) in [7, 11) is 0. The highest BCUT2D eigenvalue weighted by atomic mass is 35.5. The highest BCUT2D eigenvalue weighted by Crippen LogP contribution is 2.34. The van der Waals surface area contributed by atoms with Crippen LogP contribution in [0.5, 0.6) is 0 Å². The van der Waals surface area contributed by atoms with E-state index in [2.05, 4.69) is 24.0 Å². The fourth-order valence-corrected chi connectivity index (χ4v) is 3.72. The number of benzene rings is 1. The Morgan fingerprint density at radius 2 is 2.26 bits per heavy atom. The number of piperidine rings is 1. The Labute approximate surface area is 141 Å². The van der Waals surface area contributed by atoms with Crippen molar-refractivity contribution in [2.45, 2.75) is 19.3 Å². The predicted octanol–water partition coefficient (Wildman–Crippen LogP) is 3.42. The summed E-state index contributed by atoms with van der Waals surface area (Å²) in [4.78, 5) is 18.3. The van der Waals surface area contributed by atoms with Crippen LogP contribution >= 0.6 is 11.6 Å². The number of nitrogens with zero attached hydrogens (tertiary/aromatic N) is 2. The number of hydrogen-bond donors (Lipinski definition) is 1. The first-order valence-electron chi connectivity index (χ1n) is 7.86. The molecule has 0 spiro atoms. The van der Waals surface area contributed by atoms with Gasteiger partial charge >= 0.3 is 0 Å². The number of aromatic nitrogens is 1. The number of amides is 1. The fraction of sp³-hybridized carbons (Fsp3) is 0.389. The lowest BCUT2D eigenvalue weighted by Crippen LogP contribution is -2.43. The number of alkyl halides is 1. The van der Waals surface area contributed by atoms with Gasteiger partial charge in [0, 0.05) is 42.4 Å². The maximum Gasteiger partial charge on any atom is 0.237 e. The van der Waals surface area contributed by atoms with Crippen molar-refractivity contribution in [1.82, 2.24) is 9.88 Å². The fourth-order valence-electron chi connectivity index (χ4n) is 3.55. The molecule has 0 unspecified atom stereocenters. The molecular formula is C18H20ClN3O. The quantitative estimate of drug-likeness (QED) is 0.693. The lowest BCUT2D eigenvalue weighted by molar-refractivity contribution is -0.130. The molecule has 1 aliphatic rings. The lowest BCUT2D eigenvalue weighted by atomic mass is 9.83. The number of rotatable bonds is 3. The first-order valence-corrected chi connectivity index (χ1v) is 8.39. The molecule has 2 heterocycles. The molecule has 1 amide bonds. The zero-order chi connectivity index (χ0) is 16.4. The van der Waals surface area contributed by atoms with Crippen LogP contribution in [0.25, 0.3) is 10.9 Å². The molecule has 4 nitrogen and oxygen atoms in total. The summed E-state index contributed by atoms with van der Waals surface area (Å²) in [6.45, 7) is 3.65. The van der Waals surface area contributed by atoms with Crippen LogP contribution < -0.4 is 0 Å². The van der Waals surface area contributed by atoms with Crippen LogP contribution in [0.1, 0.15) is 30.4 Å². The van der Waals surface area contributed by atoms with E-state index in [9.17, 15) is 4.79 Å². The average molecular weight is 330 g/mol. The van der Waals surface area contributed by atoms with Gasteiger partial charge in [0.2, 0.25) is 5.91 Å². The zero-order valence-electron chi connectivity index (χ0n) is 13.1. The molecule has 0 bridgehead atoms. The molecule has 1 aromatic carbocycles. The largest absolute Gasteiger partial charge is 0.341 e. The Hall–Kier alpha value is -1.94.